The second-order valence-corrected chi connectivity index (χ2v) is 8.80. The second kappa shape index (κ2) is 8.72. The van der Waals surface area contributed by atoms with Crippen molar-refractivity contribution in [2.75, 3.05) is 6.54 Å². The Morgan fingerprint density at radius 3 is 2.59 bits per heavy atom. The van der Waals surface area contributed by atoms with E-state index in [1.54, 1.807) is 6.20 Å². The van der Waals surface area contributed by atoms with Gasteiger partial charge in [-0.05, 0) is 35.7 Å². The summed E-state index contributed by atoms with van der Waals surface area (Å²) in [6.07, 6.45) is 4.69. The summed E-state index contributed by atoms with van der Waals surface area (Å²) in [4.78, 5) is 27.2. The lowest BCUT2D eigenvalue weighted by atomic mass is 10.1. The van der Waals surface area contributed by atoms with E-state index in [1.165, 1.54) is 22.0 Å². The summed E-state index contributed by atoms with van der Waals surface area (Å²) in [7, 11) is 0. The van der Waals surface area contributed by atoms with Gasteiger partial charge in [-0.3, -0.25) is 14.7 Å². The number of aromatic nitrogens is 4. The predicted molar refractivity (Wildman–Crippen MR) is 133 cm³/mol. The molecule has 0 aliphatic carbocycles. The molecule has 4 heterocycles. The van der Waals surface area contributed by atoms with Crippen molar-refractivity contribution in [1.82, 2.24) is 24.4 Å². The lowest BCUT2D eigenvalue weighted by Gasteiger charge is -2.27. The third-order valence-electron chi connectivity index (χ3n) is 6.52. The highest BCUT2D eigenvalue weighted by Crippen LogP contribution is 2.26. The Morgan fingerprint density at radius 1 is 0.912 bits per heavy atom. The van der Waals surface area contributed by atoms with Gasteiger partial charge in [0.1, 0.15) is 5.69 Å². The zero-order chi connectivity index (χ0) is 22.9. The molecule has 0 atom stereocenters. The maximum Gasteiger partial charge on any atom is 0.254 e. The molecule has 5 aromatic rings. The molecular weight excluding hydrogens is 422 g/mol. The van der Waals surface area contributed by atoms with Crippen LogP contribution in [0.3, 0.4) is 0 Å². The topological polar surface area (TPSA) is 66.8 Å². The van der Waals surface area contributed by atoms with Gasteiger partial charge in [-0.1, -0.05) is 54.6 Å². The largest absolute Gasteiger partial charge is 0.343 e. The molecule has 6 rings (SSSR count). The van der Waals surface area contributed by atoms with Gasteiger partial charge in [0.05, 0.1) is 5.69 Å². The Morgan fingerprint density at radius 2 is 1.74 bits per heavy atom. The second-order valence-electron chi connectivity index (χ2n) is 8.80. The van der Waals surface area contributed by atoms with Crippen LogP contribution < -0.4 is 5.56 Å². The van der Waals surface area contributed by atoms with E-state index in [9.17, 15) is 4.79 Å². The minimum absolute atomic E-state index is 0.0511. The highest BCUT2D eigenvalue weighted by molar-refractivity contribution is 5.84. The van der Waals surface area contributed by atoms with Crippen molar-refractivity contribution in [3.8, 4) is 11.5 Å². The molecule has 3 aromatic heterocycles. The number of para-hydroxylation sites is 1. The average Bonchev–Trinajstić information content (AvgIpc) is 3.22. The number of aromatic amines is 1. The van der Waals surface area contributed by atoms with Crippen LogP contribution in [0.15, 0.2) is 90.0 Å². The number of hydrogen-bond acceptors (Lipinski definition) is 4. The number of hydrogen-bond donors (Lipinski definition) is 1. The molecule has 0 fully saturated rings. The Kier molecular flexibility index (Phi) is 5.28. The van der Waals surface area contributed by atoms with Crippen LogP contribution in [0.4, 0.5) is 0 Å². The fourth-order valence-electron chi connectivity index (χ4n) is 4.85. The normalized spacial score (nSPS) is 13.8. The van der Waals surface area contributed by atoms with E-state index in [2.05, 4.69) is 80.2 Å². The van der Waals surface area contributed by atoms with Gasteiger partial charge in [-0.25, -0.2) is 4.98 Å². The van der Waals surface area contributed by atoms with Crippen molar-refractivity contribution in [3.63, 3.8) is 0 Å². The van der Waals surface area contributed by atoms with Crippen LogP contribution in [-0.4, -0.2) is 31.0 Å². The molecule has 0 unspecified atom stereocenters. The molecule has 0 bridgehead atoms. The molecule has 0 radical (unpaired) electrons. The molecule has 1 aliphatic rings. The van der Waals surface area contributed by atoms with Crippen LogP contribution in [0.1, 0.15) is 22.4 Å². The molecule has 168 valence electrons. The van der Waals surface area contributed by atoms with Crippen molar-refractivity contribution < 1.29 is 0 Å². The Balaban J connectivity index is 1.29. The highest BCUT2D eigenvalue weighted by Gasteiger charge is 2.23. The molecule has 0 amide bonds. The molecule has 1 N–H and O–H groups in total. The lowest BCUT2D eigenvalue weighted by Crippen LogP contribution is -2.35. The van der Waals surface area contributed by atoms with E-state index < -0.39 is 0 Å². The number of pyridine rings is 1. The zero-order valence-electron chi connectivity index (χ0n) is 18.8. The van der Waals surface area contributed by atoms with Crippen LogP contribution in [0, 0.1) is 0 Å². The summed E-state index contributed by atoms with van der Waals surface area (Å²) < 4.78 is 2.33. The van der Waals surface area contributed by atoms with Gasteiger partial charge in [0.25, 0.3) is 5.56 Å². The van der Waals surface area contributed by atoms with Crippen molar-refractivity contribution in [1.29, 1.82) is 0 Å². The van der Waals surface area contributed by atoms with Gasteiger partial charge in [0.15, 0.2) is 5.82 Å². The number of fused-ring (bicyclic) bond motifs is 2. The molecule has 0 spiro atoms. The standard InChI is InChI=1S/C28H25N5O/c34-28-23-13-15-32(19-25(23)30-27(31-28)24-11-6-7-14-29-24)17-21-18-33(16-20-8-2-1-3-9-20)26-12-5-4-10-22(21)26/h1-12,14,18H,13,15-17,19H2,(H,30,31,34). The van der Waals surface area contributed by atoms with E-state index in [4.69, 9.17) is 4.98 Å². The van der Waals surface area contributed by atoms with Gasteiger partial charge >= 0.3 is 0 Å². The first-order valence-corrected chi connectivity index (χ1v) is 11.6. The van der Waals surface area contributed by atoms with E-state index in [0.717, 1.165) is 30.9 Å². The van der Waals surface area contributed by atoms with Gasteiger partial charge in [0.2, 0.25) is 0 Å². The van der Waals surface area contributed by atoms with Crippen molar-refractivity contribution >= 4 is 10.9 Å². The van der Waals surface area contributed by atoms with E-state index in [0.29, 0.717) is 24.5 Å². The Labute approximate surface area is 197 Å². The number of nitrogens with one attached hydrogen (secondary N) is 1. The smallest absolute Gasteiger partial charge is 0.254 e. The zero-order valence-corrected chi connectivity index (χ0v) is 18.8. The lowest BCUT2D eigenvalue weighted by molar-refractivity contribution is 0.241. The van der Waals surface area contributed by atoms with Crippen molar-refractivity contribution in [3.05, 3.63) is 118 Å². The number of benzene rings is 2. The van der Waals surface area contributed by atoms with Crippen LogP contribution in [-0.2, 0) is 26.1 Å². The summed E-state index contributed by atoms with van der Waals surface area (Å²) >= 11 is 0. The Hall–Kier alpha value is -4.03. The molecule has 6 heteroatoms. The predicted octanol–water partition coefficient (Wildman–Crippen LogP) is 4.39. The third-order valence-corrected chi connectivity index (χ3v) is 6.52. The third kappa shape index (κ3) is 3.93. The minimum atomic E-state index is -0.0511. The minimum Gasteiger partial charge on any atom is -0.343 e. The fourth-order valence-corrected chi connectivity index (χ4v) is 4.85. The summed E-state index contributed by atoms with van der Waals surface area (Å²) in [5.74, 6) is 0.533. The fraction of sp³-hybridized carbons (Fsp3) is 0.179. The monoisotopic (exact) mass is 447 g/mol. The van der Waals surface area contributed by atoms with Gasteiger partial charge in [-0.2, -0.15) is 0 Å². The average molecular weight is 448 g/mol. The van der Waals surface area contributed by atoms with Crippen LogP contribution in [0.5, 0.6) is 0 Å². The first-order chi connectivity index (χ1) is 16.7. The molecule has 6 nitrogen and oxygen atoms in total. The maximum absolute atomic E-state index is 12.7. The van der Waals surface area contributed by atoms with E-state index in [1.807, 2.05) is 18.2 Å². The summed E-state index contributed by atoms with van der Waals surface area (Å²) in [6, 6.07) is 24.8. The molecular formula is C28H25N5O. The van der Waals surface area contributed by atoms with Crippen molar-refractivity contribution in [2.24, 2.45) is 0 Å². The maximum atomic E-state index is 12.7. The highest BCUT2D eigenvalue weighted by atomic mass is 16.1. The van der Waals surface area contributed by atoms with Crippen LogP contribution >= 0.6 is 0 Å². The summed E-state index contributed by atoms with van der Waals surface area (Å²) in [5, 5.41) is 1.28. The van der Waals surface area contributed by atoms with Crippen LogP contribution in [0.25, 0.3) is 22.4 Å². The Bertz CT molecular complexity index is 1500. The van der Waals surface area contributed by atoms with Crippen LogP contribution in [0.2, 0.25) is 0 Å². The molecule has 34 heavy (non-hydrogen) atoms. The summed E-state index contributed by atoms with van der Waals surface area (Å²) in [5.41, 5.74) is 6.10. The quantitative estimate of drug-likeness (QED) is 0.434. The van der Waals surface area contributed by atoms with Crippen molar-refractivity contribution in [2.45, 2.75) is 26.1 Å². The SMILES string of the molecule is O=c1[nH]c(-c2ccccn2)nc2c1CCN(Cc1cn(Cc3ccccc3)c3ccccc13)C2. The molecule has 1 aliphatic heterocycles. The van der Waals surface area contributed by atoms with Gasteiger partial charge in [-0.15, -0.1) is 0 Å². The summed E-state index contributed by atoms with van der Waals surface area (Å²) in [6.45, 7) is 3.14. The van der Waals surface area contributed by atoms with E-state index >= 15 is 0 Å². The number of H-pyrrole nitrogens is 1. The first kappa shape index (κ1) is 20.6. The molecule has 2 aromatic carbocycles. The number of rotatable bonds is 5. The van der Waals surface area contributed by atoms with Gasteiger partial charge < -0.3 is 9.55 Å². The number of nitrogens with zero attached hydrogens (tertiary/aromatic N) is 4. The van der Waals surface area contributed by atoms with E-state index in [-0.39, 0.29) is 5.56 Å². The molecule has 0 saturated heterocycles. The molecule has 0 saturated carbocycles. The van der Waals surface area contributed by atoms with Gasteiger partial charge in [0, 0.05) is 55.0 Å². The first-order valence-electron chi connectivity index (χ1n) is 11.6.